The van der Waals surface area contributed by atoms with Crippen LogP contribution < -0.4 is 5.32 Å². The summed E-state index contributed by atoms with van der Waals surface area (Å²) in [5, 5.41) is 13.4. The van der Waals surface area contributed by atoms with Crippen molar-refractivity contribution in [3.05, 3.63) is 68.7 Å². The number of nitro benzene ring substituents is 1. The van der Waals surface area contributed by atoms with Crippen molar-refractivity contribution in [3.8, 4) is 0 Å². The monoisotopic (exact) mass is 362 g/mol. The van der Waals surface area contributed by atoms with Crippen LogP contribution in [0.3, 0.4) is 0 Å². The lowest BCUT2D eigenvalue weighted by atomic mass is 10.2. The summed E-state index contributed by atoms with van der Waals surface area (Å²) < 4.78 is 5.05. The zero-order chi connectivity index (χ0) is 18.6. The first-order valence-electron chi connectivity index (χ1n) is 7.30. The summed E-state index contributed by atoms with van der Waals surface area (Å²) in [5.41, 5.74) is 1.13. The van der Waals surface area contributed by atoms with Gasteiger partial charge in [0, 0.05) is 17.8 Å². The van der Waals surface area contributed by atoms with E-state index in [0.717, 1.165) is 11.6 Å². The Kier molecular flexibility index (Phi) is 5.71. The van der Waals surface area contributed by atoms with Crippen molar-refractivity contribution in [1.29, 1.82) is 0 Å². The van der Waals surface area contributed by atoms with Crippen LogP contribution in [0, 0.1) is 17.0 Å². The fraction of sp³-hybridized carbons (Fsp3) is 0.176. The molecule has 0 aromatic heterocycles. The van der Waals surface area contributed by atoms with E-state index in [0.29, 0.717) is 5.69 Å². The zero-order valence-electron chi connectivity index (χ0n) is 13.5. The highest BCUT2D eigenvalue weighted by atomic mass is 35.5. The Morgan fingerprint density at radius 2 is 1.84 bits per heavy atom. The summed E-state index contributed by atoms with van der Waals surface area (Å²) in [6.45, 7) is 3.31. The van der Waals surface area contributed by atoms with Gasteiger partial charge in [-0.3, -0.25) is 14.9 Å². The van der Waals surface area contributed by atoms with E-state index in [-0.39, 0.29) is 16.3 Å². The number of carbonyl (C=O) groups is 2. The molecule has 0 saturated carbocycles. The SMILES string of the molecule is Cc1ccc(NC(=O)[C@@H](C)OC(=O)c2cc([N+](=O)[O-])ccc2Cl)cc1. The molecular weight excluding hydrogens is 348 g/mol. The third-order valence-electron chi connectivity index (χ3n) is 3.35. The molecule has 0 radical (unpaired) electrons. The van der Waals surface area contributed by atoms with Crippen LogP contribution in [0.1, 0.15) is 22.8 Å². The third-order valence-corrected chi connectivity index (χ3v) is 3.68. The van der Waals surface area contributed by atoms with Crippen molar-refractivity contribution in [1.82, 2.24) is 0 Å². The molecule has 0 unspecified atom stereocenters. The number of rotatable bonds is 5. The average Bonchev–Trinajstić information content (AvgIpc) is 2.56. The van der Waals surface area contributed by atoms with Crippen LogP contribution in [0.2, 0.25) is 5.02 Å². The van der Waals surface area contributed by atoms with E-state index in [9.17, 15) is 19.7 Å². The van der Waals surface area contributed by atoms with Gasteiger partial charge >= 0.3 is 5.97 Å². The van der Waals surface area contributed by atoms with Crippen molar-refractivity contribution in [2.24, 2.45) is 0 Å². The number of halogens is 1. The number of anilines is 1. The van der Waals surface area contributed by atoms with Crippen LogP contribution in [0.15, 0.2) is 42.5 Å². The van der Waals surface area contributed by atoms with Gasteiger partial charge in [0.15, 0.2) is 6.10 Å². The number of benzene rings is 2. The first-order chi connectivity index (χ1) is 11.8. The quantitative estimate of drug-likeness (QED) is 0.496. The highest BCUT2D eigenvalue weighted by Crippen LogP contribution is 2.23. The van der Waals surface area contributed by atoms with Crippen LogP contribution in [0.25, 0.3) is 0 Å². The highest BCUT2D eigenvalue weighted by molar-refractivity contribution is 6.33. The molecule has 7 nitrogen and oxygen atoms in total. The number of amides is 1. The second-order valence-corrected chi connectivity index (χ2v) is 5.73. The molecule has 0 heterocycles. The predicted molar refractivity (Wildman–Crippen MR) is 92.8 cm³/mol. The second kappa shape index (κ2) is 7.76. The standard InChI is InChI=1S/C17H15ClN2O5/c1-10-3-5-12(6-4-10)19-16(21)11(2)25-17(22)14-9-13(20(23)24)7-8-15(14)18/h3-9,11H,1-2H3,(H,19,21)/t11-/m1/s1. The maximum absolute atomic E-state index is 12.1. The molecule has 1 N–H and O–H groups in total. The fourth-order valence-corrected chi connectivity index (χ4v) is 2.14. The summed E-state index contributed by atoms with van der Waals surface area (Å²) in [7, 11) is 0. The van der Waals surface area contributed by atoms with E-state index in [1.54, 1.807) is 12.1 Å². The Balaban J connectivity index is 2.06. The van der Waals surface area contributed by atoms with Crippen molar-refractivity contribution in [2.75, 3.05) is 5.32 Å². The van der Waals surface area contributed by atoms with Crippen molar-refractivity contribution < 1.29 is 19.2 Å². The minimum Gasteiger partial charge on any atom is -0.449 e. The Labute approximate surface area is 148 Å². The Morgan fingerprint density at radius 1 is 1.20 bits per heavy atom. The molecule has 2 aromatic carbocycles. The van der Waals surface area contributed by atoms with Crippen molar-refractivity contribution >= 4 is 34.9 Å². The lowest BCUT2D eigenvalue weighted by Crippen LogP contribution is -2.30. The number of carbonyl (C=O) groups excluding carboxylic acids is 2. The first kappa shape index (κ1) is 18.4. The fourth-order valence-electron chi connectivity index (χ4n) is 1.94. The first-order valence-corrected chi connectivity index (χ1v) is 7.68. The minimum atomic E-state index is -1.11. The molecule has 1 amide bonds. The highest BCUT2D eigenvalue weighted by Gasteiger charge is 2.22. The molecule has 2 rings (SSSR count). The van der Waals surface area contributed by atoms with E-state index in [4.69, 9.17) is 16.3 Å². The number of nitro groups is 1. The molecule has 0 aliphatic carbocycles. The number of hydrogen-bond donors (Lipinski definition) is 1. The third kappa shape index (κ3) is 4.77. The van der Waals surface area contributed by atoms with E-state index >= 15 is 0 Å². The van der Waals surface area contributed by atoms with Crippen LogP contribution in [-0.4, -0.2) is 22.9 Å². The topological polar surface area (TPSA) is 98.5 Å². The minimum absolute atomic E-state index is 0.00161. The summed E-state index contributed by atoms with van der Waals surface area (Å²) in [6, 6.07) is 10.5. The molecule has 0 aliphatic heterocycles. The molecule has 8 heteroatoms. The van der Waals surface area contributed by atoms with E-state index < -0.39 is 22.9 Å². The Bertz CT molecular complexity index is 820. The molecule has 0 bridgehead atoms. The number of nitrogens with zero attached hydrogens (tertiary/aromatic N) is 1. The maximum atomic E-state index is 12.1. The van der Waals surface area contributed by atoms with Gasteiger partial charge in [0.2, 0.25) is 0 Å². The smallest absolute Gasteiger partial charge is 0.340 e. The van der Waals surface area contributed by atoms with Crippen LogP contribution >= 0.6 is 11.6 Å². The normalized spacial score (nSPS) is 11.5. The van der Waals surface area contributed by atoms with Crippen molar-refractivity contribution in [2.45, 2.75) is 20.0 Å². The number of hydrogen-bond acceptors (Lipinski definition) is 5. The van der Waals surface area contributed by atoms with Crippen LogP contribution in [-0.2, 0) is 9.53 Å². The van der Waals surface area contributed by atoms with Gasteiger partial charge in [-0.15, -0.1) is 0 Å². The summed E-state index contributed by atoms with van der Waals surface area (Å²) in [4.78, 5) is 34.4. The van der Waals surface area contributed by atoms with Crippen molar-refractivity contribution in [3.63, 3.8) is 0 Å². The van der Waals surface area contributed by atoms with Gasteiger partial charge in [-0.25, -0.2) is 4.79 Å². The molecule has 0 fully saturated rings. The van der Waals surface area contributed by atoms with Crippen LogP contribution in [0.5, 0.6) is 0 Å². The second-order valence-electron chi connectivity index (χ2n) is 5.32. The molecular formula is C17H15ClN2O5. The van der Waals surface area contributed by atoms with Gasteiger partial charge < -0.3 is 10.1 Å². The van der Waals surface area contributed by atoms with Gasteiger partial charge in [-0.1, -0.05) is 29.3 Å². The summed E-state index contributed by atoms with van der Waals surface area (Å²) in [5.74, 6) is -1.45. The average molecular weight is 363 g/mol. The maximum Gasteiger partial charge on any atom is 0.340 e. The number of ether oxygens (including phenoxy) is 1. The molecule has 25 heavy (non-hydrogen) atoms. The van der Waals surface area contributed by atoms with Gasteiger partial charge in [-0.2, -0.15) is 0 Å². The number of aryl methyl sites for hydroxylation is 1. The molecule has 0 saturated heterocycles. The Morgan fingerprint density at radius 3 is 2.44 bits per heavy atom. The molecule has 0 aliphatic rings. The zero-order valence-corrected chi connectivity index (χ0v) is 14.2. The van der Waals surface area contributed by atoms with Gasteiger partial charge in [-0.05, 0) is 32.0 Å². The number of non-ortho nitro benzene ring substituents is 1. The number of esters is 1. The summed E-state index contributed by atoms with van der Waals surface area (Å²) >= 11 is 5.88. The molecule has 0 spiro atoms. The predicted octanol–water partition coefficient (Wildman–Crippen LogP) is 3.74. The lowest BCUT2D eigenvalue weighted by molar-refractivity contribution is -0.384. The van der Waals surface area contributed by atoms with Gasteiger partial charge in [0.05, 0.1) is 15.5 Å². The Hall–Kier alpha value is -2.93. The molecule has 130 valence electrons. The molecule has 2 aromatic rings. The van der Waals surface area contributed by atoms with Gasteiger partial charge in [0.1, 0.15) is 0 Å². The summed E-state index contributed by atoms with van der Waals surface area (Å²) in [6.07, 6.45) is -1.11. The van der Waals surface area contributed by atoms with E-state index in [1.165, 1.54) is 19.1 Å². The molecule has 1 atom stereocenters. The van der Waals surface area contributed by atoms with E-state index in [1.807, 2.05) is 19.1 Å². The van der Waals surface area contributed by atoms with Gasteiger partial charge in [0.25, 0.3) is 11.6 Å². The van der Waals surface area contributed by atoms with Crippen LogP contribution in [0.4, 0.5) is 11.4 Å². The number of nitrogens with one attached hydrogen (secondary N) is 1. The van der Waals surface area contributed by atoms with E-state index in [2.05, 4.69) is 5.32 Å². The lowest BCUT2D eigenvalue weighted by Gasteiger charge is -2.14. The largest absolute Gasteiger partial charge is 0.449 e.